The number of carbonyl (C=O) groups is 1. The van der Waals surface area contributed by atoms with E-state index < -0.39 is 6.10 Å². The van der Waals surface area contributed by atoms with Crippen LogP contribution in [0.2, 0.25) is 0 Å². The number of benzene rings is 2. The third-order valence-corrected chi connectivity index (χ3v) is 3.50. The Hall–Kier alpha value is -2.37. The minimum atomic E-state index is -0.613. The van der Waals surface area contributed by atoms with Gasteiger partial charge in [0.25, 0.3) is 0 Å². The molecule has 0 fully saturated rings. The van der Waals surface area contributed by atoms with Gasteiger partial charge in [-0.2, -0.15) is 0 Å². The highest BCUT2D eigenvalue weighted by atomic mass is 16.3. The van der Waals surface area contributed by atoms with Gasteiger partial charge in [-0.05, 0) is 37.4 Å². The van der Waals surface area contributed by atoms with Gasteiger partial charge in [0, 0.05) is 25.2 Å². The van der Waals surface area contributed by atoms with Crippen molar-refractivity contribution in [2.75, 3.05) is 26.0 Å². The van der Waals surface area contributed by atoms with Gasteiger partial charge in [-0.25, -0.2) is 4.79 Å². The van der Waals surface area contributed by atoms with E-state index in [0.29, 0.717) is 6.42 Å². The van der Waals surface area contributed by atoms with Gasteiger partial charge < -0.3 is 20.6 Å². The van der Waals surface area contributed by atoms with Gasteiger partial charge >= 0.3 is 6.03 Å². The minimum Gasteiger partial charge on any atom is -0.391 e. The monoisotopic (exact) mass is 327 g/mol. The average Bonchev–Trinajstić information content (AvgIpc) is 2.53. The van der Waals surface area contributed by atoms with Gasteiger partial charge in [0.1, 0.15) is 0 Å². The fraction of sp³-hybridized carbons (Fsp3) is 0.316. The summed E-state index contributed by atoms with van der Waals surface area (Å²) in [5.74, 6) is 0. The maximum absolute atomic E-state index is 12.0. The topological polar surface area (TPSA) is 64.6 Å². The molecule has 1 atom stereocenters. The molecule has 128 valence electrons. The number of aliphatic hydroxyl groups excluding tert-OH is 1. The van der Waals surface area contributed by atoms with Crippen molar-refractivity contribution in [3.8, 4) is 0 Å². The second-order valence-corrected chi connectivity index (χ2v) is 6.12. The molecular formula is C19H25N3O2. The van der Waals surface area contributed by atoms with Crippen LogP contribution in [0.1, 0.15) is 11.1 Å². The van der Waals surface area contributed by atoms with E-state index in [0.717, 1.165) is 23.4 Å². The molecule has 0 aromatic heterocycles. The lowest BCUT2D eigenvalue weighted by molar-refractivity contribution is 0.172. The number of hydrogen-bond donors (Lipinski definition) is 3. The lowest BCUT2D eigenvalue weighted by atomic mass is 10.1. The molecule has 3 N–H and O–H groups in total. The molecule has 5 heteroatoms. The van der Waals surface area contributed by atoms with Gasteiger partial charge in [0.15, 0.2) is 0 Å². The molecule has 0 aliphatic rings. The van der Waals surface area contributed by atoms with Gasteiger partial charge in [-0.1, -0.05) is 42.5 Å². The summed E-state index contributed by atoms with van der Waals surface area (Å²) in [6, 6.07) is 17.1. The predicted molar refractivity (Wildman–Crippen MR) is 97.0 cm³/mol. The quantitative estimate of drug-likeness (QED) is 0.732. The summed E-state index contributed by atoms with van der Waals surface area (Å²) in [6.07, 6.45) is -0.0994. The first-order valence-electron chi connectivity index (χ1n) is 8.03. The largest absolute Gasteiger partial charge is 0.391 e. The Morgan fingerprint density at radius 2 is 1.79 bits per heavy atom. The number of urea groups is 1. The highest BCUT2D eigenvalue weighted by Gasteiger charge is 2.08. The van der Waals surface area contributed by atoms with E-state index in [4.69, 9.17) is 0 Å². The summed E-state index contributed by atoms with van der Waals surface area (Å²) < 4.78 is 0. The van der Waals surface area contributed by atoms with Crippen molar-refractivity contribution in [3.63, 3.8) is 0 Å². The predicted octanol–water partition coefficient (Wildman–Crippen LogP) is 2.47. The molecular weight excluding hydrogens is 302 g/mol. The second-order valence-electron chi connectivity index (χ2n) is 6.12. The minimum absolute atomic E-state index is 0.206. The first-order valence-corrected chi connectivity index (χ1v) is 8.03. The molecule has 0 heterocycles. The van der Waals surface area contributed by atoms with Crippen LogP contribution >= 0.6 is 0 Å². The lowest BCUT2D eigenvalue weighted by Gasteiger charge is -2.14. The first-order chi connectivity index (χ1) is 11.5. The molecule has 0 bridgehead atoms. The van der Waals surface area contributed by atoms with Crippen molar-refractivity contribution in [2.24, 2.45) is 0 Å². The number of hydrogen-bond acceptors (Lipinski definition) is 3. The molecule has 1 unspecified atom stereocenters. The molecule has 0 aliphatic heterocycles. The highest BCUT2D eigenvalue weighted by molar-refractivity contribution is 5.89. The molecule has 2 amide bonds. The fourth-order valence-corrected chi connectivity index (χ4v) is 2.46. The third kappa shape index (κ3) is 6.40. The molecule has 0 radical (unpaired) electrons. The smallest absolute Gasteiger partial charge is 0.319 e. The fourth-order valence-electron chi connectivity index (χ4n) is 2.46. The van der Waals surface area contributed by atoms with E-state index in [2.05, 4.69) is 15.5 Å². The molecule has 5 nitrogen and oxygen atoms in total. The Morgan fingerprint density at radius 3 is 2.50 bits per heavy atom. The number of nitrogens with zero attached hydrogens (tertiary/aromatic N) is 1. The van der Waals surface area contributed by atoms with Crippen molar-refractivity contribution in [1.82, 2.24) is 10.2 Å². The number of aliphatic hydroxyl groups is 1. The average molecular weight is 327 g/mol. The zero-order valence-corrected chi connectivity index (χ0v) is 14.2. The standard InChI is InChI=1S/C19H25N3O2/c1-22(2)14-16-9-6-10-17(11-16)21-19(24)20-13-18(23)12-15-7-4-3-5-8-15/h3-11,18,23H,12-14H2,1-2H3,(H2,20,21,24). The molecule has 0 spiro atoms. The Balaban J connectivity index is 1.78. The molecule has 2 aromatic rings. The molecule has 2 rings (SSSR count). The van der Waals surface area contributed by atoms with Crippen molar-refractivity contribution in [3.05, 3.63) is 65.7 Å². The third-order valence-electron chi connectivity index (χ3n) is 3.50. The zero-order chi connectivity index (χ0) is 17.4. The van der Waals surface area contributed by atoms with Crippen LogP contribution in [0.15, 0.2) is 54.6 Å². The number of nitrogens with one attached hydrogen (secondary N) is 2. The summed E-state index contributed by atoms with van der Waals surface area (Å²) in [5.41, 5.74) is 2.91. The van der Waals surface area contributed by atoms with Crippen LogP contribution in [-0.4, -0.2) is 42.8 Å². The zero-order valence-electron chi connectivity index (χ0n) is 14.2. The number of anilines is 1. The van der Waals surface area contributed by atoms with Gasteiger partial charge in [0.2, 0.25) is 0 Å². The summed E-state index contributed by atoms with van der Waals surface area (Å²) in [7, 11) is 4.00. The Kier molecular flexibility index (Phi) is 6.78. The SMILES string of the molecule is CN(C)Cc1cccc(NC(=O)NCC(O)Cc2ccccc2)c1. The van der Waals surface area contributed by atoms with Crippen LogP contribution in [0.3, 0.4) is 0 Å². The van der Waals surface area contributed by atoms with Gasteiger partial charge in [-0.15, -0.1) is 0 Å². The van der Waals surface area contributed by atoms with Crippen LogP contribution in [0.5, 0.6) is 0 Å². The number of amides is 2. The Labute approximate surface area is 143 Å². The number of carbonyl (C=O) groups excluding carboxylic acids is 1. The maximum Gasteiger partial charge on any atom is 0.319 e. The van der Waals surface area contributed by atoms with Crippen LogP contribution in [0.25, 0.3) is 0 Å². The molecule has 0 saturated carbocycles. The van der Waals surface area contributed by atoms with Crippen LogP contribution in [-0.2, 0) is 13.0 Å². The van der Waals surface area contributed by atoms with Crippen molar-refractivity contribution in [2.45, 2.75) is 19.1 Å². The Morgan fingerprint density at radius 1 is 1.08 bits per heavy atom. The van der Waals surface area contributed by atoms with Crippen molar-refractivity contribution < 1.29 is 9.90 Å². The highest BCUT2D eigenvalue weighted by Crippen LogP contribution is 2.11. The van der Waals surface area contributed by atoms with E-state index in [1.54, 1.807) is 0 Å². The lowest BCUT2D eigenvalue weighted by Crippen LogP contribution is -2.36. The van der Waals surface area contributed by atoms with Crippen LogP contribution < -0.4 is 10.6 Å². The van der Waals surface area contributed by atoms with Crippen LogP contribution in [0, 0.1) is 0 Å². The first kappa shape index (κ1) is 18.0. The summed E-state index contributed by atoms with van der Waals surface area (Å²) in [6.45, 7) is 1.02. The van der Waals surface area contributed by atoms with Crippen molar-refractivity contribution in [1.29, 1.82) is 0 Å². The molecule has 24 heavy (non-hydrogen) atoms. The van der Waals surface area contributed by atoms with Gasteiger partial charge in [0.05, 0.1) is 6.10 Å². The normalized spacial score (nSPS) is 12.0. The molecule has 0 saturated heterocycles. The maximum atomic E-state index is 12.0. The summed E-state index contributed by atoms with van der Waals surface area (Å²) in [5, 5.41) is 15.5. The number of rotatable bonds is 7. The molecule has 2 aromatic carbocycles. The van der Waals surface area contributed by atoms with E-state index in [1.807, 2.05) is 68.7 Å². The van der Waals surface area contributed by atoms with E-state index in [-0.39, 0.29) is 12.6 Å². The van der Waals surface area contributed by atoms with Gasteiger partial charge in [-0.3, -0.25) is 0 Å². The van der Waals surface area contributed by atoms with E-state index in [1.165, 1.54) is 0 Å². The summed E-state index contributed by atoms with van der Waals surface area (Å²) in [4.78, 5) is 14.0. The molecule has 0 aliphatic carbocycles. The van der Waals surface area contributed by atoms with Crippen LogP contribution in [0.4, 0.5) is 10.5 Å². The summed E-state index contributed by atoms with van der Waals surface area (Å²) >= 11 is 0. The Bertz CT molecular complexity index is 644. The van der Waals surface area contributed by atoms with E-state index in [9.17, 15) is 9.90 Å². The second kappa shape index (κ2) is 9.05. The van der Waals surface area contributed by atoms with E-state index >= 15 is 0 Å². The van der Waals surface area contributed by atoms with Crippen molar-refractivity contribution >= 4 is 11.7 Å².